The van der Waals surface area contributed by atoms with E-state index in [0.717, 1.165) is 6.42 Å². The SMILES string of the molecule is CC(=O)C(NC(=O)CC(CN)CC(C)C)C(C)C. The molecule has 2 atom stereocenters. The molecule has 0 radical (unpaired) electrons. The standard InChI is InChI=1S/C14H28N2O2/c1-9(2)6-12(8-15)7-13(18)16-14(10(3)4)11(5)17/h9-10,12,14H,6-8,15H2,1-5H3,(H,16,18). The van der Waals surface area contributed by atoms with Crippen LogP contribution in [0, 0.1) is 17.8 Å². The summed E-state index contributed by atoms with van der Waals surface area (Å²) in [5.41, 5.74) is 5.67. The third kappa shape index (κ3) is 6.74. The van der Waals surface area contributed by atoms with Crippen LogP contribution in [0.15, 0.2) is 0 Å². The van der Waals surface area contributed by atoms with Crippen LogP contribution >= 0.6 is 0 Å². The van der Waals surface area contributed by atoms with Gasteiger partial charge in [0.2, 0.25) is 5.91 Å². The summed E-state index contributed by atoms with van der Waals surface area (Å²) in [5.74, 6) is 0.782. The number of nitrogens with one attached hydrogen (secondary N) is 1. The predicted molar refractivity (Wildman–Crippen MR) is 74.1 cm³/mol. The van der Waals surface area contributed by atoms with E-state index in [-0.39, 0.29) is 29.6 Å². The number of hydrogen-bond donors (Lipinski definition) is 2. The summed E-state index contributed by atoms with van der Waals surface area (Å²) in [6.07, 6.45) is 1.35. The molecule has 1 amide bonds. The van der Waals surface area contributed by atoms with Gasteiger partial charge in [-0.25, -0.2) is 0 Å². The van der Waals surface area contributed by atoms with E-state index in [0.29, 0.717) is 18.9 Å². The van der Waals surface area contributed by atoms with E-state index < -0.39 is 0 Å². The molecule has 0 saturated carbocycles. The number of carbonyl (C=O) groups is 2. The molecule has 0 rings (SSSR count). The van der Waals surface area contributed by atoms with Crippen LogP contribution in [0.1, 0.15) is 47.5 Å². The van der Waals surface area contributed by atoms with Crippen LogP contribution in [0.4, 0.5) is 0 Å². The molecule has 3 N–H and O–H groups in total. The fourth-order valence-corrected chi connectivity index (χ4v) is 2.16. The number of Topliss-reactive ketones (excluding diaryl/α,β-unsaturated/α-hetero) is 1. The topological polar surface area (TPSA) is 72.2 Å². The van der Waals surface area contributed by atoms with Gasteiger partial charge >= 0.3 is 0 Å². The molecule has 4 nitrogen and oxygen atoms in total. The average Bonchev–Trinajstić information content (AvgIpc) is 2.23. The molecule has 0 spiro atoms. The molecule has 0 aliphatic heterocycles. The van der Waals surface area contributed by atoms with Crippen molar-refractivity contribution in [2.45, 2.75) is 53.5 Å². The second kappa shape index (κ2) is 8.25. The Morgan fingerprint density at radius 1 is 1.17 bits per heavy atom. The fraction of sp³-hybridized carbons (Fsp3) is 0.857. The van der Waals surface area contributed by atoms with E-state index in [2.05, 4.69) is 19.2 Å². The van der Waals surface area contributed by atoms with Crippen LogP contribution in [0.5, 0.6) is 0 Å². The first-order valence-electron chi connectivity index (χ1n) is 6.77. The highest BCUT2D eigenvalue weighted by atomic mass is 16.2. The highest BCUT2D eigenvalue weighted by Crippen LogP contribution is 2.14. The van der Waals surface area contributed by atoms with Crippen LogP contribution in [0.2, 0.25) is 0 Å². The van der Waals surface area contributed by atoms with Gasteiger partial charge in [-0.2, -0.15) is 0 Å². The zero-order chi connectivity index (χ0) is 14.3. The van der Waals surface area contributed by atoms with Crippen LogP contribution in [-0.2, 0) is 9.59 Å². The van der Waals surface area contributed by atoms with Gasteiger partial charge in [-0.1, -0.05) is 27.7 Å². The third-order valence-electron chi connectivity index (χ3n) is 3.03. The Morgan fingerprint density at radius 2 is 1.72 bits per heavy atom. The van der Waals surface area contributed by atoms with Gasteiger partial charge in [-0.05, 0) is 37.6 Å². The molecule has 0 aromatic heterocycles. The number of ketones is 1. The minimum atomic E-state index is -0.380. The summed E-state index contributed by atoms with van der Waals surface area (Å²) >= 11 is 0. The molecule has 0 aliphatic carbocycles. The number of nitrogens with two attached hydrogens (primary N) is 1. The van der Waals surface area contributed by atoms with E-state index >= 15 is 0 Å². The Kier molecular flexibility index (Phi) is 7.83. The quantitative estimate of drug-likeness (QED) is 0.694. The molecular weight excluding hydrogens is 228 g/mol. The maximum absolute atomic E-state index is 11.9. The maximum Gasteiger partial charge on any atom is 0.220 e. The van der Waals surface area contributed by atoms with Crippen molar-refractivity contribution in [2.24, 2.45) is 23.5 Å². The van der Waals surface area contributed by atoms with E-state index in [1.807, 2.05) is 13.8 Å². The van der Waals surface area contributed by atoms with Gasteiger partial charge in [0.05, 0.1) is 6.04 Å². The van der Waals surface area contributed by atoms with Crippen molar-refractivity contribution < 1.29 is 9.59 Å². The van der Waals surface area contributed by atoms with Crippen molar-refractivity contribution in [3.05, 3.63) is 0 Å². The van der Waals surface area contributed by atoms with Crippen LogP contribution in [0.25, 0.3) is 0 Å². The van der Waals surface area contributed by atoms with Crippen molar-refractivity contribution in [3.8, 4) is 0 Å². The Morgan fingerprint density at radius 3 is 2.06 bits per heavy atom. The van der Waals surface area contributed by atoms with Gasteiger partial charge in [0, 0.05) is 6.42 Å². The van der Waals surface area contributed by atoms with Gasteiger partial charge in [0.25, 0.3) is 0 Å². The first-order valence-corrected chi connectivity index (χ1v) is 6.77. The molecule has 0 aliphatic rings. The normalized spacial score (nSPS) is 14.7. The molecule has 0 saturated heterocycles. The molecule has 0 aromatic rings. The highest BCUT2D eigenvalue weighted by molar-refractivity contribution is 5.87. The Balaban J connectivity index is 4.34. The molecule has 0 bridgehead atoms. The number of hydrogen-bond acceptors (Lipinski definition) is 3. The highest BCUT2D eigenvalue weighted by Gasteiger charge is 2.22. The van der Waals surface area contributed by atoms with Crippen LogP contribution in [0.3, 0.4) is 0 Å². The molecule has 2 unspecified atom stereocenters. The van der Waals surface area contributed by atoms with Gasteiger partial charge < -0.3 is 11.1 Å². The molecule has 0 heterocycles. The third-order valence-corrected chi connectivity index (χ3v) is 3.03. The monoisotopic (exact) mass is 256 g/mol. The van der Waals surface area contributed by atoms with Gasteiger partial charge in [0.15, 0.2) is 5.78 Å². The van der Waals surface area contributed by atoms with Crippen molar-refractivity contribution >= 4 is 11.7 Å². The van der Waals surface area contributed by atoms with Crippen molar-refractivity contribution in [1.82, 2.24) is 5.32 Å². The second-order valence-corrected chi connectivity index (χ2v) is 5.84. The molecule has 106 valence electrons. The summed E-state index contributed by atoms with van der Waals surface area (Å²) in [4.78, 5) is 23.3. The minimum Gasteiger partial charge on any atom is -0.346 e. The second-order valence-electron chi connectivity index (χ2n) is 5.84. The summed E-state index contributed by atoms with van der Waals surface area (Å²) < 4.78 is 0. The minimum absolute atomic E-state index is 0.00603. The lowest BCUT2D eigenvalue weighted by atomic mass is 9.93. The maximum atomic E-state index is 11.9. The van der Waals surface area contributed by atoms with Gasteiger partial charge in [-0.3, -0.25) is 9.59 Å². The molecule has 0 aromatic carbocycles. The molecule has 18 heavy (non-hydrogen) atoms. The number of amides is 1. The molecule has 0 fully saturated rings. The molecule has 4 heteroatoms. The zero-order valence-corrected chi connectivity index (χ0v) is 12.3. The number of carbonyl (C=O) groups excluding carboxylic acids is 2. The smallest absolute Gasteiger partial charge is 0.220 e. The average molecular weight is 256 g/mol. The van der Waals surface area contributed by atoms with E-state index in [4.69, 9.17) is 5.73 Å². The summed E-state index contributed by atoms with van der Waals surface area (Å²) in [7, 11) is 0. The van der Waals surface area contributed by atoms with Gasteiger partial charge in [-0.15, -0.1) is 0 Å². The first kappa shape index (κ1) is 17.1. The van der Waals surface area contributed by atoms with Crippen molar-refractivity contribution in [3.63, 3.8) is 0 Å². The summed E-state index contributed by atoms with van der Waals surface area (Å²) in [5, 5.41) is 2.81. The van der Waals surface area contributed by atoms with Crippen LogP contribution < -0.4 is 11.1 Å². The Labute approximate surface area is 111 Å². The summed E-state index contributed by atoms with van der Waals surface area (Å²) in [6, 6.07) is -0.380. The van der Waals surface area contributed by atoms with E-state index in [1.54, 1.807) is 0 Å². The zero-order valence-electron chi connectivity index (χ0n) is 12.3. The van der Waals surface area contributed by atoms with E-state index in [9.17, 15) is 9.59 Å². The largest absolute Gasteiger partial charge is 0.346 e. The predicted octanol–water partition coefficient (Wildman–Crippen LogP) is 1.73. The van der Waals surface area contributed by atoms with Crippen molar-refractivity contribution in [1.29, 1.82) is 0 Å². The van der Waals surface area contributed by atoms with E-state index in [1.165, 1.54) is 6.92 Å². The first-order chi connectivity index (χ1) is 8.27. The summed E-state index contributed by atoms with van der Waals surface area (Å²) in [6.45, 7) is 10.1. The fourth-order valence-electron chi connectivity index (χ4n) is 2.16. The lowest BCUT2D eigenvalue weighted by Gasteiger charge is -2.22. The molecular formula is C14H28N2O2. The number of rotatable bonds is 8. The van der Waals surface area contributed by atoms with Crippen molar-refractivity contribution in [2.75, 3.05) is 6.54 Å². The van der Waals surface area contributed by atoms with Gasteiger partial charge in [0.1, 0.15) is 0 Å². The Hall–Kier alpha value is -0.900. The lowest BCUT2D eigenvalue weighted by molar-refractivity contribution is -0.128. The lowest BCUT2D eigenvalue weighted by Crippen LogP contribution is -2.44. The van der Waals surface area contributed by atoms with Crippen LogP contribution in [-0.4, -0.2) is 24.3 Å². The Bertz CT molecular complexity index is 275.